The predicted molar refractivity (Wildman–Crippen MR) is 198 cm³/mol. The van der Waals surface area contributed by atoms with Gasteiger partial charge in [0.2, 0.25) is 11.8 Å². The van der Waals surface area contributed by atoms with Crippen molar-refractivity contribution in [2.24, 2.45) is 0 Å². The molecule has 2 aromatic heterocycles. The molecule has 0 aliphatic carbocycles. The van der Waals surface area contributed by atoms with Crippen molar-refractivity contribution in [3.63, 3.8) is 0 Å². The highest BCUT2D eigenvalue weighted by Crippen LogP contribution is 2.33. The first-order valence-corrected chi connectivity index (χ1v) is 18.6. The summed E-state index contributed by atoms with van der Waals surface area (Å²) in [5.41, 5.74) is 4.19. The molecule has 3 aromatic rings. The Morgan fingerprint density at radius 2 is 1.30 bits per heavy atom. The number of carboxylic acid groups (broad SMARTS) is 1. The topological polar surface area (TPSA) is 195 Å². The van der Waals surface area contributed by atoms with Crippen LogP contribution in [0.3, 0.4) is 0 Å². The van der Waals surface area contributed by atoms with E-state index in [0.717, 1.165) is 73.5 Å². The summed E-state index contributed by atoms with van der Waals surface area (Å²) >= 11 is 0. The number of likely N-dealkylation sites (tertiary alicyclic amines) is 2. The van der Waals surface area contributed by atoms with Gasteiger partial charge in [-0.25, -0.2) is 19.6 Å². The molecule has 4 amide bonds. The Bertz CT molecular complexity index is 1730. The van der Waals surface area contributed by atoms with Crippen molar-refractivity contribution in [2.75, 3.05) is 41.5 Å². The number of aromatic amines is 2. The summed E-state index contributed by atoms with van der Waals surface area (Å²) in [4.78, 5) is 71.5. The number of benzene rings is 1. The number of carbonyl (C=O) groups is 4. The second-order valence-corrected chi connectivity index (χ2v) is 14.1. The highest BCUT2D eigenvalue weighted by molar-refractivity contribution is 5.87. The molecule has 16 nitrogen and oxygen atoms in total. The summed E-state index contributed by atoms with van der Waals surface area (Å²) in [7, 11) is 5.62. The molecule has 2 aliphatic rings. The third kappa shape index (κ3) is 9.39. The minimum absolute atomic E-state index is 0.218. The number of aromatic nitrogens is 4. The molecule has 2 aliphatic heterocycles. The number of H-pyrrole nitrogens is 2. The number of rotatable bonds is 16. The molecule has 1 aromatic carbocycles. The van der Waals surface area contributed by atoms with Gasteiger partial charge in [0, 0.05) is 46.8 Å². The number of aryl methyl sites for hydroxylation is 4. The summed E-state index contributed by atoms with van der Waals surface area (Å²) in [6, 6.07) is 6.23. The standard InChI is InChI=1S/C38H54N8O8/c1-23(52-4)31(43-37(49)54-6)35(47)45-19-7-9-29(45)33-39-21-27(41-33)17-15-25-11-13-26(14-12-25)16-18-28-22-40-34(42-28)30-10-8-20-46(30)36(48)32(24(2)53-5)44(3)38(50)51/h11-14,21-24,29-32H,7-10,15-20H2,1-6H3,(H,39,41)(H,40,42)(H,43,49)(H,50,51)/t23-,24-,29+,30+,31+,32+/m1/s1. The van der Waals surface area contributed by atoms with Crippen LogP contribution in [0.25, 0.3) is 0 Å². The number of ether oxygens (including phenoxy) is 3. The Hall–Kier alpha value is -4.96. The summed E-state index contributed by atoms with van der Waals surface area (Å²) in [6.07, 6.45) is 6.98. The van der Waals surface area contributed by atoms with E-state index in [1.54, 1.807) is 23.6 Å². The third-order valence-electron chi connectivity index (χ3n) is 10.7. The number of nitrogens with zero attached hydrogens (tertiary/aromatic N) is 5. The van der Waals surface area contributed by atoms with Crippen LogP contribution < -0.4 is 5.32 Å². The molecule has 0 bridgehead atoms. The summed E-state index contributed by atoms with van der Waals surface area (Å²) in [6.45, 7) is 4.53. The Labute approximate surface area is 315 Å². The van der Waals surface area contributed by atoms with Gasteiger partial charge >= 0.3 is 12.2 Å². The Morgan fingerprint density at radius 1 is 0.815 bits per heavy atom. The third-order valence-corrected chi connectivity index (χ3v) is 10.7. The Kier molecular flexibility index (Phi) is 13.7. The normalized spacial score (nSPS) is 19.3. The number of hydrogen-bond acceptors (Lipinski definition) is 9. The van der Waals surface area contributed by atoms with E-state index in [2.05, 4.69) is 39.6 Å². The lowest BCUT2D eigenvalue weighted by molar-refractivity contribution is -0.141. The number of likely N-dealkylation sites (N-methyl/N-ethyl adjacent to an activating group) is 1. The summed E-state index contributed by atoms with van der Waals surface area (Å²) < 4.78 is 15.5. The molecule has 4 heterocycles. The lowest BCUT2D eigenvalue weighted by atomic mass is 10.0. The zero-order chi connectivity index (χ0) is 38.9. The molecule has 0 unspecified atom stereocenters. The van der Waals surface area contributed by atoms with Gasteiger partial charge in [0.1, 0.15) is 23.7 Å². The Balaban J connectivity index is 1.13. The van der Waals surface area contributed by atoms with Gasteiger partial charge in [-0.3, -0.25) is 14.5 Å². The van der Waals surface area contributed by atoms with Gasteiger partial charge < -0.3 is 44.4 Å². The molecule has 0 saturated carbocycles. The summed E-state index contributed by atoms with van der Waals surface area (Å²) in [5.74, 6) is 0.927. The summed E-state index contributed by atoms with van der Waals surface area (Å²) in [5, 5.41) is 12.2. The van der Waals surface area contributed by atoms with Crippen molar-refractivity contribution in [3.05, 3.63) is 70.8 Å². The minimum Gasteiger partial charge on any atom is -0.465 e. The van der Waals surface area contributed by atoms with Crippen LogP contribution in [0.1, 0.15) is 85.8 Å². The molecule has 294 valence electrons. The number of alkyl carbamates (subject to hydrolysis) is 1. The monoisotopic (exact) mass is 750 g/mol. The van der Waals surface area contributed by atoms with Gasteiger partial charge in [-0.2, -0.15) is 0 Å². The van der Waals surface area contributed by atoms with Gasteiger partial charge in [0.15, 0.2) is 0 Å². The lowest BCUT2D eigenvalue weighted by Crippen LogP contribution is -2.54. The van der Waals surface area contributed by atoms with Crippen molar-refractivity contribution in [3.8, 4) is 0 Å². The Morgan fingerprint density at radius 3 is 1.74 bits per heavy atom. The van der Waals surface area contributed by atoms with E-state index in [1.807, 2.05) is 12.4 Å². The largest absolute Gasteiger partial charge is 0.465 e. The van der Waals surface area contributed by atoms with Gasteiger partial charge in [-0.1, -0.05) is 24.3 Å². The molecule has 5 rings (SSSR count). The van der Waals surface area contributed by atoms with E-state index < -0.39 is 36.5 Å². The van der Waals surface area contributed by atoms with Crippen molar-refractivity contribution >= 4 is 24.0 Å². The first kappa shape index (κ1) is 40.2. The molecule has 0 radical (unpaired) electrons. The van der Waals surface area contributed by atoms with Crippen LogP contribution in [0.2, 0.25) is 0 Å². The molecular weight excluding hydrogens is 696 g/mol. The molecule has 16 heteroatoms. The van der Waals surface area contributed by atoms with Crippen LogP contribution in [0.4, 0.5) is 9.59 Å². The minimum atomic E-state index is -1.18. The van der Waals surface area contributed by atoms with Crippen molar-refractivity contribution < 1.29 is 38.5 Å². The van der Waals surface area contributed by atoms with Gasteiger partial charge in [-0.15, -0.1) is 0 Å². The zero-order valence-electron chi connectivity index (χ0n) is 32.0. The molecule has 4 N–H and O–H groups in total. The zero-order valence-corrected chi connectivity index (χ0v) is 32.0. The maximum absolute atomic E-state index is 13.6. The number of carbonyl (C=O) groups excluding carboxylic acids is 3. The van der Waals surface area contributed by atoms with Crippen LogP contribution in [-0.2, 0) is 49.5 Å². The number of hydrogen-bond donors (Lipinski definition) is 4. The highest BCUT2D eigenvalue weighted by Gasteiger charge is 2.41. The number of imidazole rings is 2. The smallest absolute Gasteiger partial charge is 0.407 e. The van der Waals surface area contributed by atoms with E-state index >= 15 is 0 Å². The van der Waals surface area contributed by atoms with Crippen LogP contribution in [-0.4, -0.2) is 130 Å². The van der Waals surface area contributed by atoms with Crippen molar-refractivity contribution in [1.82, 2.24) is 40.0 Å². The molecule has 2 fully saturated rings. The second kappa shape index (κ2) is 18.4. The van der Waals surface area contributed by atoms with E-state index in [4.69, 9.17) is 24.2 Å². The molecule has 6 atom stereocenters. The van der Waals surface area contributed by atoms with E-state index in [-0.39, 0.29) is 23.9 Å². The first-order valence-electron chi connectivity index (χ1n) is 18.6. The molecule has 2 saturated heterocycles. The maximum atomic E-state index is 13.6. The second-order valence-electron chi connectivity index (χ2n) is 14.1. The van der Waals surface area contributed by atoms with Crippen LogP contribution >= 0.6 is 0 Å². The van der Waals surface area contributed by atoms with Crippen LogP contribution in [0, 0.1) is 0 Å². The number of nitrogens with one attached hydrogen (secondary N) is 3. The fourth-order valence-corrected chi connectivity index (χ4v) is 7.38. The molecular formula is C38H54N8O8. The van der Waals surface area contributed by atoms with Gasteiger partial charge in [-0.05, 0) is 76.3 Å². The van der Waals surface area contributed by atoms with E-state index in [9.17, 15) is 24.3 Å². The van der Waals surface area contributed by atoms with E-state index in [0.29, 0.717) is 18.9 Å². The van der Waals surface area contributed by atoms with Gasteiger partial charge in [0.25, 0.3) is 0 Å². The number of methoxy groups -OCH3 is 3. The van der Waals surface area contributed by atoms with Crippen molar-refractivity contribution in [1.29, 1.82) is 0 Å². The van der Waals surface area contributed by atoms with Crippen molar-refractivity contribution in [2.45, 2.75) is 102 Å². The highest BCUT2D eigenvalue weighted by atomic mass is 16.5. The van der Waals surface area contributed by atoms with Gasteiger partial charge in [0.05, 0.1) is 42.8 Å². The van der Waals surface area contributed by atoms with Crippen LogP contribution in [0.15, 0.2) is 36.7 Å². The van der Waals surface area contributed by atoms with E-state index in [1.165, 1.54) is 39.5 Å². The molecule has 0 spiro atoms. The first-order chi connectivity index (χ1) is 25.9. The average Bonchev–Trinajstić information content (AvgIpc) is 4.02. The number of amides is 4. The fraction of sp³-hybridized carbons (Fsp3) is 0.579. The lowest BCUT2D eigenvalue weighted by Gasteiger charge is -2.34. The fourth-order valence-electron chi connectivity index (χ4n) is 7.38. The van der Waals surface area contributed by atoms with Crippen LogP contribution in [0.5, 0.6) is 0 Å². The average molecular weight is 751 g/mol. The molecule has 54 heavy (non-hydrogen) atoms. The predicted octanol–water partition coefficient (Wildman–Crippen LogP) is 3.80. The maximum Gasteiger partial charge on any atom is 0.407 e. The quantitative estimate of drug-likeness (QED) is 0.167. The SMILES string of the molecule is COC(=O)N[C@H](C(=O)N1CCC[C@H]1c1nc(CCc2ccc(CCc3c[nH]c([C@@H]4CCCN4C(=O)[C@H]([C@@H](C)OC)N(C)C(=O)O)n3)cc2)c[nH]1)[C@@H](C)OC.